The Morgan fingerprint density at radius 3 is 2.75 bits per heavy atom. The van der Waals surface area contributed by atoms with Gasteiger partial charge >= 0.3 is 0 Å². The van der Waals surface area contributed by atoms with Crippen molar-refractivity contribution in [2.24, 2.45) is 5.92 Å². The van der Waals surface area contributed by atoms with Gasteiger partial charge in [-0.1, -0.05) is 13.0 Å². The van der Waals surface area contributed by atoms with Crippen molar-refractivity contribution in [3.8, 4) is 0 Å². The fraction of sp³-hybridized carbons (Fsp3) is 0.571. The number of hydrogen-bond acceptors (Lipinski definition) is 1. The predicted octanol–water partition coefficient (Wildman–Crippen LogP) is 1.66. The molecule has 47 valence electrons. The molecule has 1 radical (unpaired) electrons. The Bertz CT molecular complexity index is 57.4. The van der Waals surface area contributed by atoms with Gasteiger partial charge in [-0.25, -0.2) is 0 Å². The summed E-state index contributed by atoms with van der Waals surface area (Å²) in [6, 6.07) is 0. The number of hydrogen-bond donors (Lipinski definition) is 0. The first-order valence-corrected chi connectivity index (χ1v) is 2.79. The Labute approximate surface area is 51.4 Å². The van der Waals surface area contributed by atoms with E-state index in [1.54, 1.807) is 6.08 Å². The van der Waals surface area contributed by atoms with Gasteiger partial charge < -0.3 is 4.74 Å². The topological polar surface area (TPSA) is 9.23 Å². The first-order valence-electron chi connectivity index (χ1n) is 2.79. The van der Waals surface area contributed by atoms with E-state index < -0.39 is 0 Å². The van der Waals surface area contributed by atoms with Crippen LogP contribution >= 0.6 is 0 Å². The van der Waals surface area contributed by atoms with Crippen LogP contribution < -0.4 is 0 Å². The average molecular weight is 113 g/mol. The quantitative estimate of drug-likeness (QED) is 0.398. The number of rotatable bonds is 4. The smallest absolute Gasteiger partial charge is 0.0644 e. The molecule has 1 unspecified atom stereocenters. The first kappa shape index (κ1) is 7.70. The van der Waals surface area contributed by atoms with Crippen LogP contribution in [0.15, 0.2) is 12.7 Å². The van der Waals surface area contributed by atoms with Gasteiger partial charge in [0.1, 0.15) is 0 Å². The summed E-state index contributed by atoms with van der Waals surface area (Å²) < 4.78 is 5.06. The van der Waals surface area contributed by atoms with Gasteiger partial charge in [-0.15, -0.1) is 6.58 Å². The van der Waals surface area contributed by atoms with E-state index in [1.165, 1.54) is 0 Å². The molecule has 1 nitrogen and oxygen atoms in total. The summed E-state index contributed by atoms with van der Waals surface area (Å²) in [6.45, 7) is 10.6. The Kier molecular flexibility index (Phi) is 4.67. The highest BCUT2D eigenvalue weighted by molar-refractivity contribution is 4.64. The van der Waals surface area contributed by atoms with Crippen LogP contribution in [0.1, 0.15) is 6.92 Å². The lowest BCUT2D eigenvalue weighted by Crippen LogP contribution is -2.01. The van der Waals surface area contributed by atoms with Crippen molar-refractivity contribution < 1.29 is 4.74 Å². The van der Waals surface area contributed by atoms with Crippen molar-refractivity contribution in [3.05, 3.63) is 19.6 Å². The third-order valence-electron chi connectivity index (χ3n) is 0.638. The van der Waals surface area contributed by atoms with Crippen molar-refractivity contribution in [1.29, 1.82) is 0 Å². The molecule has 0 aliphatic carbocycles. The lowest BCUT2D eigenvalue weighted by molar-refractivity contribution is 0.142. The minimum Gasteiger partial charge on any atom is -0.377 e. The summed E-state index contributed by atoms with van der Waals surface area (Å²) >= 11 is 0. The van der Waals surface area contributed by atoms with Crippen molar-refractivity contribution in [2.75, 3.05) is 13.2 Å². The lowest BCUT2D eigenvalue weighted by atomic mass is 10.2. The SMILES string of the molecule is [CH2]C(C)COCC=C. The molecule has 8 heavy (non-hydrogen) atoms. The maximum Gasteiger partial charge on any atom is 0.0644 e. The van der Waals surface area contributed by atoms with Gasteiger partial charge in [0.2, 0.25) is 0 Å². The molecule has 0 aromatic carbocycles. The first-order chi connectivity index (χ1) is 3.77. The predicted molar refractivity (Wildman–Crippen MR) is 35.5 cm³/mol. The van der Waals surface area contributed by atoms with Crippen molar-refractivity contribution >= 4 is 0 Å². The van der Waals surface area contributed by atoms with Crippen molar-refractivity contribution in [2.45, 2.75) is 6.92 Å². The van der Waals surface area contributed by atoms with Gasteiger partial charge in [0.25, 0.3) is 0 Å². The Morgan fingerprint density at radius 1 is 1.75 bits per heavy atom. The van der Waals surface area contributed by atoms with Crippen LogP contribution in [-0.2, 0) is 4.74 Å². The van der Waals surface area contributed by atoms with E-state index in [0.29, 0.717) is 12.5 Å². The average Bonchev–Trinajstić information content (AvgIpc) is 1.66. The van der Waals surface area contributed by atoms with Crippen LogP contribution in [-0.4, -0.2) is 13.2 Å². The molecule has 0 aromatic rings. The van der Waals surface area contributed by atoms with E-state index in [-0.39, 0.29) is 0 Å². The normalized spacial score (nSPS) is 9.88. The van der Waals surface area contributed by atoms with Crippen LogP contribution in [0.5, 0.6) is 0 Å². The van der Waals surface area contributed by atoms with Crippen LogP contribution in [0.4, 0.5) is 0 Å². The van der Waals surface area contributed by atoms with Gasteiger partial charge in [0.15, 0.2) is 0 Å². The minimum absolute atomic E-state index is 0.384. The van der Waals surface area contributed by atoms with E-state index in [2.05, 4.69) is 13.5 Å². The summed E-state index contributed by atoms with van der Waals surface area (Å²) in [6.07, 6.45) is 1.74. The molecule has 0 amide bonds. The zero-order valence-corrected chi connectivity index (χ0v) is 5.39. The van der Waals surface area contributed by atoms with Crippen LogP contribution in [0.2, 0.25) is 0 Å². The molecule has 0 saturated heterocycles. The molecule has 0 rings (SSSR count). The van der Waals surface area contributed by atoms with E-state index in [0.717, 1.165) is 6.61 Å². The molecule has 0 spiro atoms. The zero-order chi connectivity index (χ0) is 6.41. The lowest BCUT2D eigenvalue weighted by Gasteiger charge is -2.01. The fourth-order valence-electron chi connectivity index (χ4n) is 0.353. The zero-order valence-electron chi connectivity index (χ0n) is 5.39. The van der Waals surface area contributed by atoms with Crippen molar-refractivity contribution in [1.82, 2.24) is 0 Å². The molecule has 1 atom stereocenters. The summed E-state index contributed by atoms with van der Waals surface area (Å²) in [5.41, 5.74) is 0. The van der Waals surface area contributed by atoms with E-state index >= 15 is 0 Å². The maximum atomic E-state index is 5.06. The Hall–Kier alpha value is -0.300. The summed E-state index contributed by atoms with van der Waals surface area (Å²) in [7, 11) is 0. The molecule has 0 aliphatic heterocycles. The molecule has 0 fully saturated rings. The largest absolute Gasteiger partial charge is 0.377 e. The van der Waals surface area contributed by atoms with Crippen LogP contribution in [0, 0.1) is 12.8 Å². The summed E-state index contributed by atoms with van der Waals surface area (Å²) in [5.74, 6) is 0.384. The summed E-state index contributed by atoms with van der Waals surface area (Å²) in [5, 5.41) is 0. The van der Waals surface area contributed by atoms with Crippen LogP contribution in [0.3, 0.4) is 0 Å². The molecule has 0 N–H and O–H groups in total. The van der Waals surface area contributed by atoms with E-state index in [1.807, 2.05) is 6.92 Å². The van der Waals surface area contributed by atoms with Crippen LogP contribution in [0.25, 0.3) is 0 Å². The Balaban J connectivity index is 2.81. The van der Waals surface area contributed by atoms with E-state index in [4.69, 9.17) is 4.74 Å². The molecule has 0 bridgehead atoms. The van der Waals surface area contributed by atoms with Gasteiger partial charge in [-0.05, 0) is 12.8 Å². The molecular formula is C7H13O. The number of ether oxygens (including phenoxy) is 1. The standard InChI is InChI=1S/C7H13O/c1-4-5-8-6-7(2)3/h4,7H,1-2,5-6H2,3H3. The highest BCUT2D eigenvalue weighted by Gasteiger charge is 1.89. The molecule has 0 saturated carbocycles. The van der Waals surface area contributed by atoms with Gasteiger partial charge in [0, 0.05) is 6.61 Å². The molecule has 0 aromatic heterocycles. The molecule has 1 heteroatoms. The summed E-state index contributed by atoms with van der Waals surface area (Å²) in [4.78, 5) is 0. The highest BCUT2D eigenvalue weighted by Crippen LogP contribution is 1.90. The molecular weight excluding hydrogens is 100 g/mol. The van der Waals surface area contributed by atoms with Gasteiger partial charge in [-0.3, -0.25) is 0 Å². The van der Waals surface area contributed by atoms with Crippen molar-refractivity contribution in [3.63, 3.8) is 0 Å². The second kappa shape index (κ2) is 4.85. The third kappa shape index (κ3) is 5.70. The molecule has 0 heterocycles. The Morgan fingerprint density at radius 2 is 2.38 bits per heavy atom. The second-order valence-corrected chi connectivity index (χ2v) is 1.93. The minimum atomic E-state index is 0.384. The monoisotopic (exact) mass is 113 g/mol. The second-order valence-electron chi connectivity index (χ2n) is 1.93. The maximum absolute atomic E-state index is 5.06. The van der Waals surface area contributed by atoms with Gasteiger partial charge in [-0.2, -0.15) is 0 Å². The fourth-order valence-corrected chi connectivity index (χ4v) is 0.353. The third-order valence-corrected chi connectivity index (χ3v) is 0.638. The van der Waals surface area contributed by atoms with E-state index in [9.17, 15) is 0 Å². The van der Waals surface area contributed by atoms with Gasteiger partial charge in [0.05, 0.1) is 6.61 Å². The molecule has 0 aliphatic rings. The highest BCUT2D eigenvalue weighted by atomic mass is 16.5.